The SMILES string of the molecule is CCn1c(SCC(=O)Nc2cccc(OC)c2)nnc1C(C)Oc1ccc(F)cc1. The van der Waals surface area contributed by atoms with Crippen molar-refractivity contribution < 1.29 is 18.7 Å². The van der Waals surface area contributed by atoms with Gasteiger partial charge in [-0.3, -0.25) is 4.79 Å². The molecular formula is C21H23FN4O3S. The van der Waals surface area contributed by atoms with E-state index >= 15 is 0 Å². The zero-order valence-electron chi connectivity index (χ0n) is 17.0. The molecular weight excluding hydrogens is 407 g/mol. The number of hydrogen-bond donors (Lipinski definition) is 1. The number of halogens is 1. The Balaban J connectivity index is 1.61. The van der Waals surface area contributed by atoms with Crippen molar-refractivity contribution in [1.29, 1.82) is 0 Å². The quantitative estimate of drug-likeness (QED) is 0.510. The summed E-state index contributed by atoms with van der Waals surface area (Å²) in [6.07, 6.45) is -0.386. The first-order valence-electron chi connectivity index (χ1n) is 9.42. The number of anilines is 1. The minimum absolute atomic E-state index is 0.156. The molecule has 9 heteroatoms. The molecule has 1 aromatic heterocycles. The van der Waals surface area contributed by atoms with Crippen LogP contribution in [0.3, 0.4) is 0 Å². The van der Waals surface area contributed by atoms with Gasteiger partial charge in [0.2, 0.25) is 5.91 Å². The maximum absolute atomic E-state index is 13.1. The average molecular weight is 431 g/mol. The van der Waals surface area contributed by atoms with Crippen LogP contribution >= 0.6 is 11.8 Å². The number of carbonyl (C=O) groups is 1. The molecule has 0 bridgehead atoms. The fraction of sp³-hybridized carbons (Fsp3) is 0.286. The maximum atomic E-state index is 13.1. The van der Waals surface area contributed by atoms with E-state index in [2.05, 4.69) is 15.5 Å². The standard InChI is InChI=1S/C21H23FN4O3S/c1-4-26-20(14(2)29-17-10-8-15(22)9-11-17)24-25-21(26)30-13-19(27)23-16-6-5-7-18(12-16)28-3/h5-12,14H,4,13H2,1-3H3,(H,23,27). The van der Waals surface area contributed by atoms with Gasteiger partial charge < -0.3 is 19.4 Å². The molecule has 0 saturated carbocycles. The van der Waals surface area contributed by atoms with E-state index in [9.17, 15) is 9.18 Å². The second-order valence-electron chi connectivity index (χ2n) is 6.37. The molecule has 2 aromatic carbocycles. The van der Waals surface area contributed by atoms with E-state index in [1.54, 1.807) is 31.4 Å². The summed E-state index contributed by atoms with van der Waals surface area (Å²) in [7, 11) is 1.58. The van der Waals surface area contributed by atoms with Crippen LogP contribution in [0.5, 0.6) is 11.5 Å². The second kappa shape index (κ2) is 10.1. The van der Waals surface area contributed by atoms with Gasteiger partial charge in [0.25, 0.3) is 0 Å². The first-order chi connectivity index (χ1) is 14.5. The Kier molecular flexibility index (Phi) is 7.29. The van der Waals surface area contributed by atoms with E-state index in [1.807, 2.05) is 30.5 Å². The van der Waals surface area contributed by atoms with E-state index in [4.69, 9.17) is 9.47 Å². The van der Waals surface area contributed by atoms with Gasteiger partial charge in [0, 0.05) is 18.3 Å². The van der Waals surface area contributed by atoms with Crippen LogP contribution < -0.4 is 14.8 Å². The number of ether oxygens (including phenoxy) is 2. The molecule has 0 radical (unpaired) electrons. The van der Waals surface area contributed by atoms with Crippen LogP contribution in [0.2, 0.25) is 0 Å². The average Bonchev–Trinajstić information content (AvgIpc) is 3.17. The highest BCUT2D eigenvalue weighted by Gasteiger charge is 2.19. The van der Waals surface area contributed by atoms with Gasteiger partial charge in [-0.25, -0.2) is 4.39 Å². The van der Waals surface area contributed by atoms with Crippen LogP contribution in [-0.4, -0.2) is 33.5 Å². The van der Waals surface area contributed by atoms with E-state index in [-0.39, 0.29) is 23.6 Å². The van der Waals surface area contributed by atoms with Crippen molar-refractivity contribution in [2.24, 2.45) is 0 Å². The molecule has 1 unspecified atom stereocenters. The topological polar surface area (TPSA) is 78.3 Å². The molecule has 0 aliphatic carbocycles. The molecule has 30 heavy (non-hydrogen) atoms. The van der Waals surface area contributed by atoms with Crippen LogP contribution in [0.25, 0.3) is 0 Å². The summed E-state index contributed by atoms with van der Waals surface area (Å²) in [5.74, 6) is 1.56. The highest BCUT2D eigenvalue weighted by atomic mass is 32.2. The number of rotatable bonds is 9. The lowest BCUT2D eigenvalue weighted by Crippen LogP contribution is -2.15. The zero-order valence-corrected chi connectivity index (χ0v) is 17.8. The molecule has 0 fully saturated rings. The van der Waals surface area contributed by atoms with Crippen molar-refractivity contribution in [2.75, 3.05) is 18.2 Å². The van der Waals surface area contributed by atoms with E-state index in [0.29, 0.717) is 34.7 Å². The molecule has 7 nitrogen and oxygen atoms in total. The van der Waals surface area contributed by atoms with Gasteiger partial charge in [0.05, 0.1) is 12.9 Å². The number of nitrogens with zero attached hydrogens (tertiary/aromatic N) is 3. The first-order valence-corrected chi connectivity index (χ1v) is 10.4. The van der Waals surface area contributed by atoms with Crippen molar-refractivity contribution in [2.45, 2.75) is 31.7 Å². The summed E-state index contributed by atoms with van der Waals surface area (Å²) in [4.78, 5) is 12.3. The minimum Gasteiger partial charge on any atom is -0.497 e. The van der Waals surface area contributed by atoms with Gasteiger partial charge in [0.15, 0.2) is 17.1 Å². The first kappa shape index (κ1) is 21.6. The summed E-state index contributed by atoms with van der Waals surface area (Å²) in [5, 5.41) is 11.9. The number of methoxy groups -OCH3 is 1. The van der Waals surface area contributed by atoms with Crippen molar-refractivity contribution in [3.8, 4) is 11.5 Å². The summed E-state index contributed by atoms with van der Waals surface area (Å²) in [6, 6.07) is 13.0. The second-order valence-corrected chi connectivity index (χ2v) is 7.31. The van der Waals surface area contributed by atoms with Gasteiger partial charge in [-0.05, 0) is 50.2 Å². The minimum atomic E-state index is -0.386. The van der Waals surface area contributed by atoms with Crippen molar-refractivity contribution >= 4 is 23.4 Å². The number of carbonyl (C=O) groups excluding carboxylic acids is 1. The van der Waals surface area contributed by atoms with Gasteiger partial charge in [0.1, 0.15) is 17.3 Å². The van der Waals surface area contributed by atoms with Gasteiger partial charge in [-0.1, -0.05) is 17.8 Å². The third kappa shape index (κ3) is 5.50. The van der Waals surface area contributed by atoms with Crippen molar-refractivity contribution in [3.05, 3.63) is 60.2 Å². The van der Waals surface area contributed by atoms with Gasteiger partial charge >= 0.3 is 0 Å². The van der Waals surface area contributed by atoms with Crippen molar-refractivity contribution in [1.82, 2.24) is 14.8 Å². The molecule has 1 N–H and O–H groups in total. The van der Waals surface area contributed by atoms with Crippen LogP contribution in [0, 0.1) is 5.82 Å². The summed E-state index contributed by atoms with van der Waals surface area (Å²) >= 11 is 1.30. The monoisotopic (exact) mass is 430 g/mol. The molecule has 0 aliphatic rings. The molecule has 1 heterocycles. The maximum Gasteiger partial charge on any atom is 0.234 e. The normalized spacial score (nSPS) is 11.7. The lowest BCUT2D eigenvalue weighted by Gasteiger charge is -2.15. The lowest BCUT2D eigenvalue weighted by atomic mass is 10.3. The Labute approximate surface area is 178 Å². The van der Waals surface area contributed by atoms with Crippen LogP contribution in [0.15, 0.2) is 53.7 Å². The van der Waals surface area contributed by atoms with Crippen LogP contribution in [0.4, 0.5) is 10.1 Å². The van der Waals surface area contributed by atoms with Gasteiger partial charge in [-0.2, -0.15) is 0 Å². The number of nitrogens with one attached hydrogen (secondary N) is 1. The van der Waals surface area contributed by atoms with E-state index in [1.165, 1.54) is 23.9 Å². The lowest BCUT2D eigenvalue weighted by molar-refractivity contribution is -0.113. The Bertz CT molecular complexity index is 994. The summed E-state index contributed by atoms with van der Waals surface area (Å²) in [5.41, 5.74) is 0.666. The Morgan fingerprint density at radius 3 is 2.67 bits per heavy atom. The molecule has 1 amide bonds. The third-order valence-electron chi connectivity index (χ3n) is 4.24. The molecule has 158 valence electrons. The Hall–Kier alpha value is -3.07. The number of aromatic nitrogens is 3. The number of hydrogen-bond acceptors (Lipinski definition) is 6. The fourth-order valence-electron chi connectivity index (χ4n) is 2.80. The predicted octanol–water partition coefficient (Wildman–Crippen LogP) is 4.32. The summed E-state index contributed by atoms with van der Waals surface area (Å²) < 4.78 is 26.0. The third-order valence-corrected chi connectivity index (χ3v) is 5.20. The highest BCUT2D eigenvalue weighted by molar-refractivity contribution is 7.99. The number of benzene rings is 2. The molecule has 0 saturated heterocycles. The van der Waals surface area contributed by atoms with Crippen LogP contribution in [-0.2, 0) is 11.3 Å². The van der Waals surface area contributed by atoms with E-state index in [0.717, 1.165) is 0 Å². The number of thioether (sulfide) groups is 1. The predicted molar refractivity (Wildman–Crippen MR) is 113 cm³/mol. The number of amides is 1. The van der Waals surface area contributed by atoms with Crippen LogP contribution in [0.1, 0.15) is 25.8 Å². The van der Waals surface area contributed by atoms with E-state index < -0.39 is 0 Å². The molecule has 3 aromatic rings. The molecule has 0 aliphatic heterocycles. The Morgan fingerprint density at radius 1 is 1.20 bits per heavy atom. The largest absolute Gasteiger partial charge is 0.497 e. The summed E-state index contributed by atoms with van der Waals surface area (Å²) in [6.45, 7) is 4.45. The highest BCUT2D eigenvalue weighted by Crippen LogP contribution is 2.25. The molecule has 0 spiro atoms. The Morgan fingerprint density at radius 2 is 1.97 bits per heavy atom. The zero-order chi connectivity index (χ0) is 21.5. The fourth-order valence-corrected chi connectivity index (χ4v) is 3.61. The van der Waals surface area contributed by atoms with Gasteiger partial charge in [-0.15, -0.1) is 10.2 Å². The molecule has 3 rings (SSSR count). The smallest absolute Gasteiger partial charge is 0.234 e. The molecule has 1 atom stereocenters. The van der Waals surface area contributed by atoms with Crippen molar-refractivity contribution in [3.63, 3.8) is 0 Å².